The number of nitrogens with zero attached hydrogens (tertiary/aromatic N) is 15. The Morgan fingerprint density at radius 2 is 1.01 bits per heavy atom. The van der Waals surface area contributed by atoms with Crippen molar-refractivity contribution >= 4 is 95.1 Å². The molecule has 0 amide bonds. The summed E-state index contributed by atoms with van der Waals surface area (Å²) in [4.78, 5) is 59.9. The fourth-order valence-electron chi connectivity index (χ4n) is 5.92. The minimum Gasteiger partial charge on any atom is -0.857 e. The van der Waals surface area contributed by atoms with Gasteiger partial charge in [-0.05, 0) is 73.1 Å². The van der Waals surface area contributed by atoms with E-state index in [4.69, 9.17) is 43.8 Å². The van der Waals surface area contributed by atoms with E-state index in [1.165, 1.54) is 25.7 Å². The van der Waals surface area contributed by atoms with E-state index in [0.717, 1.165) is 51.5 Å². The smallest absolute Gasteiger partial charge is 0.857 e. The number of alkyl halides is 1. The van der Waals surface area contributed by atoms with Crippen LogP contribution in [0.5, 0.6) is 17.6 Å². The van der Waals surface area contributed by atoms with Crippen molar-refractivity contribution in [1.82, 2.24) is 69.8 Å². The maximum Gasteiger partial charge on any atom is 1.00 e. The summed E-state index contributed by atoms with van der Waals surface area (Å²) in [6.45, 7) is 5.57. The number of aromatic nitrogens is 14. The summed E-state index contributed by atoms with van der Waals surface area (Å²) in [5.74, 6) is 7.21. The van der Waals surface area contributed by atoms with E-state index in [0.29, 0.717) is 68.1 Å². The van der Waals surface area contributed by atoms with Gasteiger partial charge in [-0.3, -0.25) is 4.39 Å². The summed E-state index contributed by atoms with van der Waals surface area (Å²) in [5.41, 5.74) is 13.2. The molecule has 5 N–H and O–H groups in total. The Hall–Kier alpha value is -7.74. The van der Waals surface area contributed by atoms with Crippen LogP contribution in [-0.2, 0) is 0 Å². The largest absolute Gasteiger partial charge is 1.00 e. The molecular weight excluding hydrogens is 1060 g/mol. The van der Waals surface area contributed by atoms with Crippen molar-refractivity contribution in [3.63, 3.8) is 0 Å². The van der Waals surface area contributed by atoms with Crippen LogP contribution in [0.4, 0.5) is 39.3 Å². The molecule has 0 saturated carbocycles. The van der Waals surface area contributed by atoms with Crippen LogP contribution >= 0.6 is 27.5 Å². The van der Waals surface area contributed by atoms with E-state index in [-0.39, 0.29) is 29.6 Å². The van der Waals surface area contributed by atoms with Gasteiger partial charge in [0.2, 0.25) is 17.6 Å². The van der Waals surface area contributed by atoms with Gasteiger partial charge in [-0.15, -0.1) is 0 Å². The zero-order valence-corrected chi connectivity index (χ0v) is 46.7. The van der Waals surface area contributed by atoms with Gasteiger partial charge in [0.25, 0.3) is 0 Å². The van der Waals surface area contributed by atoms with Gasteiger partial charge >= 0.3 is 29.6 Å². The normalized spacial score (nSPS) is 9.84. The number of benzene rings is 3. The average molecular weight is 1120 g/mol. The molecule has 0 unspecified atom stereocenters. The average Bonchev–Trinajstić information content (AvgIpc) is 3.43. The molecule has 7 aromatic heterocycles. The Labute approximate surface area is 468 Å². The monoisotopic (exact) mass is 1110 g/mol. The molecule has 0 saturated heterocycles. The van der Waals surface area contributed by atoms with Gasteiger partial charge < -0.3 is 41.0 Å². The zero-order valence-electron chi connectivity index (χ0n) is 43.4. The minimum atomic E-state index is -1.00. The Balaban J connectivity index is 0.000000255. The summed E-state index contributed by atoms with van der Waals surface area (Å²) >= 11 is 9.03. The number of rotatable bonds is 7. The standard InChI is InChI=1S/C15H15N5O.C14H13N5O.C9H7ClN2.C5H7N3O.C4H4BrN3.CH3F.CH3O.Na/c1-10-18-12-7-5-4-6-11(12)15(19-10)20(2)13-8-17-14(21-3)9-16-13;1-9-17-11-6-4-3-5-10(11)14(18-9)19-12-7-16-13(20-2)8-15-12;1-6-11-8-5-3-2-4-7(8)9(10)12-6;1-9-5-3-7-4(6)2-8-5;5-3-1-8-4(6)2-7-3;2*1-2;/h4-9H,1-3H3;3-8H,1-2H3,(H,15,17,18,19);2-5H,1H3;2-3H,1H3,(H2,6,7);1-2H,(H2,6,8);2*1H3;/q;;;;;;-1;+1/i;;;;;1D;;. The van der Waals surface area contributed by atoms with Crippen LogP contribution in [0, 0.1) is 20.8 Å². The number of nitrogens with two attached hydrogens (primary N) is 2. The first-order chi connectivity index (χ1) is 36.2. The second-order valence-corrected chi connectivity index (χ2v) is 15.3. The molecule has 0 aliphatic heterocycles. The zero-order chi connectivity index (χ0) is 54.7. The van der Waals surface area contributed by atoms with Crippen LogP contribution in [0.25, 0.3) is 32.7 Å². The fraction of sp³-hybridized carbons (Fsp3) is 0.184. The number of nitrogen functional groups attached to an aromatic ring is 2. The number of aryl methyl sites for hydroxylation is 3. The molecule has 0 atom stereocenters. The second kappa shape index (κ2) is 32.4. The predicted octanol–water partition coefficient (Wildman–Crippen LogP) is 5.03. The SMILES string of the molecule is COc1cnc(N(C)c2nc(C)nc3ccccc23)cn1.COc1cnc(N)cn1.COc1cnc(Nc2nc(C)nc3ccccc23)cn1.C[O-].Cc1nc(Cl)c2ccccc2n1.Nc1cnc(Br)cn1.[2H]CF.[Na+]. The van der Waals surface area contributed by atoms with Gasteiger partial charge in [0.05, 0.1) is 96.0 Å². The van der Waals surface area contributed by atoms with Crippen molar-refractivity contribution in [1.29, 1.82) is 0 Å². The maximum atomic E-state index is 9.96. The molecule has 10 rings (SSSR count). The van der Waals surface area contributed by atoms with Gasteiger partial charge in [0.1, 0.15) is 56.3 Å². The number of para-hydroxylation sites is 3. The van der Waals surface area contributed by atoms with E-state index < -0.39 is 7.15 Å². The molecule has 0 spiro atoms. The van der Waals surface area contributed by atoms with Crippen molar-refractivity contribution in [3.05, 3.63) is 150 Å². The van der Waals surface area contributed by atoms with Gasteiger partial charge in [-0.1, -0.05) is 48.0 Å². The minimum absolute atomic E-state index is 0. The van der Waals surface area contributed by atoms with Crippen LogP contribution in [0.2, 0.25) is 5.15 Å². The summed E-state index contributed by atoms with van der Waals surface area (Å²) in [7, 11) is 6.30. The van der Waals surface area contributed by atoms with Crippen molar-refractivity contribution in [2.45, 2.75) is 20.8 Å². The van der Waals surface area contributed by atoms with Crippen molar-refractivity contribution in [2.24, 2.45) is 0 Å². The van der Waals surface area contributed by atoms with Gasteiger partial charge in [0, 0.05) is 23.2 Å². The van der Waals surface area contributed by atoms with Crippen molar-refractivity contribution in [2.75, 3.05) is 64.3 Å². The van der Waals surface area contributed by atoms with E-state index in [9.17, 15) is 4.39 Å². The Morgan fingerprint density at radius 3 is 1.49 bits per heavy atom. The molecular formula is C49H52BrClFN18NaO4. The van der Waals surface area contributed by atoms with E-state index in [1.807, 2.05) is 106 Å². The molecule has 0 bridgehead atoms. The van der Waals surface area contributed by atoms with Gasteiger partial charge in [0.15, 0.2) is 5.82 Å². The Morgan fingerprint density at radius 1 is 0.573 bits per heavy atom. The molecule has 384 valence electrons. The van der Waals surface area contributed by atoms with Crippen LogP contribution < -0.4 is 70.6 Å². The Bertz CT molecular complexity index is 3280. The third-order valence-electron chi connectivity index (χ3n) is 9.14. The third kappa shape index (κ3) is 19.2. The summed E-state index contributed by atoms with van der Waals surface area (Å²) in [5, 5.41) is 14.8. The summed E-state index contributed by atoms with van der Waals surface area (Å²) < 4.78 is 30.9. The van der Waals surface area contributed by atoms with Crippen molar-refractivity contribution < 1.29 is 54.6 Å². The predicted molar refractivity (Wildman–Crippen MR) is 286 cm³/mol. The third-order valence-corrected chi connectivity index (χ3v) is 9.84. The first kappa shape index (κ1) is 59.8. The number of nitrogens with one attached hydrogen (secondary N) is 1. The number of hydrogen-bond acceptors (Lipinski definition) is 22. The van der Waals surface area contributed by atoms with Crippen LogP contribution in [0.1, 0.15) is 18.8 Å². The van der Waals surface area contributed by atoms with Crippen LogP contribution in [0.3, 0.4) is 0 Å². The molecule has 0 aliphatic carbocycles. The number of hydrogen-bond donors (Lipinski definition) is 3. The van der Waals surface area contributed by atoms with E-state index in [1.54, 1.807) is 45.2 Å². The number of ether oxygens (including phenoxy) is 3. The first-order valence-electron chi connectivity index (χ1n) is 22.1. The molecule has 0 radical (unpaired) electrons. The number of halogens is 3. The summed E-state index contributed by atoms with van der Waals surface area (Å²) in [6.07, 6.45) is 12.4. The molecule has 3 aromatic carbocycles. The summed E-state index contributed by atoms with van der Waals surface area (Å²) in [6, 6.07) is 23.4. The van der Waals surface area contributed by atoms with Gasteiger partial charge in [-0.25, -0.2) is 69.8 Å². The topological polar surface area (TPSA) is 299 Å². The molecule has 0 aliphatic rings. The molecule has 75 heavy (non-hydrogen) atoms. The van der Waals surface area contributed by atoms with Crippen LogP contribution in [-0.4, -0.2) is 112 Å². The molecule has 7 heterocycles. The van der Waals surface area contributed by atoms with E-state index in [2.05, 4.69) is 91.0 Å². The Kier molecular flexibility index (Phi) is 25.9. The molecule has 0 fully saturated rings. The molecule has 22 nitrogen and oxygen atoms in total. The van der Waals surface area contributed by atoms with E-state index >= 15 is 0 Å². The number of fused-ring (bicyclic) bond motifs is 3. The van der Waals surface area contributed by atoms with Crippen LogP contribution in [0.15, 0.2) is 127 Å². The quantitative estimate of drug-likeness (QED) is 0.139. The van der Waals surface area contributed by atoms with Gasteiger partial charge in [-0.2, -0.15) is 7.11 Å². The maximum absolute atomic E-state index is 9.96. The first-order valence-corrected chi connectivity index (χ1v) is 22.6. The second-order valence-electron chi connectivity index (χ2n) is 14.1. The number of methoxy groups -OCH3 is 3. The molecule has 26 heteroatoms. The molecule has 10 aromatic rings. The fourth-order valence-corrected chi connectivity index (χ4v) is 6.41. The number of anilines is 6. The van der Waals surface area contributed by atoms with Crippen molar-refractivity contribution in [3.8, 4) is 17.6 Å².